The van der Waals surface area contributed by atoms with E-state index in [-0.39, 0.29) is 5.97 Å². The van der Waals surface area contributed by atoms with Crippen LogP contribution in [0.25, 0.3) is 0 Å². The van der Waals surface area contributed by atoms with Crippen LogP contribution < -0.4 is 0 Å². The summed E-state index contributed by atoms with van der Waals surface area (Å²) in [6.07, 6.45) is 0. The molecule has 0 spiro atoms. The molecule has 0 saturated heterocycles. The molecule has 0 aliphatic carbocycles. The lowest BCUT2D eigenvalue weighted by atomic mass is 10.1. The molecule has 0 aromatic heterocycles. The minimum absolute atomic E-state index is 0.344. The van der Waals surface area contributed by atoms with E-state index in [4.69, 9.17) is 0 Å². The van der Waals surface area contributed by atoms with Crippen LogP contribution in [0.5, 0.6) is 0 Å². The Hall–Kier alpha value is -1.64. The highest BCUT2D eigenvalue weighted by Crippen LogP contribution is 2.21. The molecule has 0 bridgehead atoms. The van der Waals surface area contributed by atoms with Crippen molar-refractivity contribution in [2.45, 2.75) is 6.92 Å². The van der Waals surface area contributed by atoms with Crippen molar-refractivity contribution in [3.05, 3.63) is 29.3 Å². The highest BCUT2D eigenvalue weighted by molar-refractivity contribution is 5.92. The minimum Gasteiger partial charge on any atom is -0.465 e. The van der Waals surface area contributed by atoms with Gasteiger partial charge in [0.2, 0.25) is 0 Å². The average molecular weight is 177 g/mol. The number of nitrogens with zero attached hydrogens (tertiary/aromatic N) is 1. The van der Waals surface area contributed by atoms with Crippen molar-refractivity contribution in [1.29, 1.82) is 0 Å². The van der Waals surface area contributed by atoms with E-state index in [1.165, 1.54) is 7.11 Å². The van der Waals surface area contributed by atoms with E-state index in [0.717, 1.165) is 5.56 Å². The number of rotatable bonds is 2. The van der Waals surface area contributed by atoms with Crippen LogP contribution in [-0.2, 0) is 4.74 Å². The van der Waals surface area contributed by atoms with Gasteiger partial charge in [-0.05, 0) is 31.3 Å². The zero-order valence-corrected chi connectivity index (χ0v) is 7.70. The Morgan fingerprint density at radius 1 is 1.54 bits per heavy atom. The lowest BCUT2D eigenvalue weighted by Gasteiger charge is -2.05. The molecule has 0 aliphatic heterocycles. The molecule has 3 nitrogen and oxygen atoms in total. The predicted molar refractivity (Wildman–Crippen MR) is 51.7 cm³/mol. The second-order valence-corrected chi connectivity index (χ2v) is 2.60. The van der Waals surface area contributed by atoms with E-state index >= 15 is 0 Å². The summed E-state index contributed by atoms with van der Waals surface area (Å²) in [5, 5.41) is 0. The minimum atomic E-state index is -0.344. The first kappa shape index (κ1) is 9.45. The lowest BCUT2D eigenvalue weighted by Crippen LogP contribution is -2.03. The molecule has 1 aromatic rings. The van der Waals surface area contributed by atoms with E-state index in [9.17, 15) is 4.79 Å². The SMILES string of the molecule is C=Nc1cccc(C(=O)OC)c1C. The van der Waals surface area contributed by atoms with Crippen molar-refractivity contribution in [2.24, 2.45) is 4.99 Å². The van der Waals surface area contributed by atoms with E-state index < -0.39 is 0 Å². The molecule has 0 heterocycles. The highest BCUT2D eigenvalue weighted by Gasteiger charge is 2.10. The van der Waals surface area contributed by atoms with Crippen LogP contribution in [0.1, 0.15) is 15.9 Å². The Morgan fingerprint density at radius 3 is 2.77 bits per heavy atom. The van der Waals surface area contributed by atoms with Crippen LogP contribution in [-0.4, -0.2) is 19.8 Å². The van der Waals surface area contributed by atoms with Crippen LogP contribution in [0, 0.1) is 6.92 Å². The molecular weight excluding hydrogens is 166 g/mol. The molecule has 0 unspecified atom stereocenters. The molecule has 0 N–H and O–H groups in total. The van der Waals surface area contributed by atoms with E-state index in [2.05, 4.69) is 16.4 Å². The average Bonchev–Trinajstić information content (AvgIpc) is 2.17. The first-order valence-corrected chi connectivity index (χ1v) is 3.85. The first-order valence-electron chi connectivity index (χ1n) is 3.85. The van der Waals surface area contributed by atoms with Crippen LogP contribution in [0.2, 0.25) is 0 Å². The zero-order valence-electron chi connectivity index (χ0n) is 7.70. The molecule has 0 atom stereocenters. The zero-order chi connectivity index (χ0) is 9.84. The summed E-state index contributed by atoms with van der Waals surface area (Å²) in [5.74, 6) is -0.344. The predicted octanol–water partition coefficient (Wildman–Crippen LogP) is 2.11. The van der Waals surface area contributed by atoms with Crippen LogP contribution in [0.4, 0.5) is 5.69 Å². The number of hydrogen-bond acceptors (Lipinski definition) is 3. The number of ether oxygens (including phenoxy) is 1. The van der Waals surface area contributed by atoms with Gasteiger partial charge in [-0.3, -0.25) is 4.99 Å². The molecule has 3 heteroatoms. The Morgan fingerprint density at radius 2 is 2.23 bits per heavy atom. The fourth-order valence-electron chi connectivity index (χ4n) is 1.13. The molecular formula is C10H11NO2. The Bertz CT molecular complexity index is 345. The van der Waals surface area contributed by atoms with Gasteiger partial charge in [0.25, 0.3) is 0 Å². The van der Waals surface area contributed by atoms with Crippen molar-refractivity contribution >= 4 is 18.4 Å². The largest absolute Gasteiger partial charge is 0.465 e. The normalized spacial score (nSPS) is 9.38. The van der Waals surface area contributed by atoms with Crippen molar-refractivity contribution in [2.75, 3.05) is 7.11 Å². The third-order valence-electron chi connectivity index (χ3n) is 1.88. The van der Waals surface area contributed by atoms with Gasteiger partial charge in [-0.25, -0.2) is 4.79 Å². The van der Waals surface area contributed by atoms with Gasteiger partial charge < -0.3 is 4.74 Å². The van der Waals surface area contributed by atoms with Crippen molar-refractivity contribution in [3.63, 3.8) is 0 Å². The highest BCUT2D eigenvalue weighted by atomic mass is 16.5. The monoisotopic (exact) mass is 177 g/mol. The van der Waals surface area contributed by atoms with Gasteiger partial charge in [-0.1, -0.05) is 6.07 Å². The van der Waals surface area contributed by atoms with Crippen molar-refractivity contribution < 1.29 is 9.53 Å². The molecule has 13 heavy (non-hydrogen) atoms. The molecule has 0 amide bonds. The fraction of sp³-hybridized carbons (Fsp3) is 0.200. The first-order chi connectivity index (χ1) is 6.20. The number of carbonyl (C=O) groups is 1. The number of benzene rings is 1. The van der Waals surface area contributed by atoms with Crippen LogP contribution >= 0.6 is 0 Å². The fourth-order valence-corrected chi connectivity index (χ4v) is 1.13. The van der Waals surface area contributed by atoms with Gasteiger partial charge in [-0.2, -0.15) is 0 Å². The summed E-state index contributed by atoms with van der Waals surface area (Å²) in [7, 11) is 1.36. The summed E-state index contributed by atoms with van der Waals surface area (Å²) in [6.45, 7) is 5.23. The number of hydrogen-bond donors (Lipinski definition) is 0. The summed E-state index contributed by atoms with van der Waals surface area (Å²) >= 11 is 0. The third kappa shape index (κ3) is 1.75. The maximum atomic E-state index is 11.2. The van der Waals surface area contributed by atoms with Gasteiger partial charge in [0.05, 0.1) is 18.4 Å². The molecule has 0 saturated carbocycles. The summed E-state index contributed by atoms with van der Waals surface area (Å²) in [5.41, 5.74) is 2.04. The maximum absolute atomic E-state index is 11.2. The van der Waals surface area contributed by atoms with Gasteiger partial charge in [0, 0.05) is 0 Å². The van der Waals surface area contributed by atoms with Crippen molar-refractivity contribution in [3.8, 4) is 0 Å². The standard InChI is InChI=1S/C10H11NO2/c1-7-8(10(12)13-3)5-4-6-9(7)11-2/h4-6H,2H2,1,3H3. The molecule has 0 aliphatic rings. The topological polar surface area (TPSA) is 38.7 Å². The number of carbonyl (C=O) groups excluding carboxylic acids is 1. The summed E-state index contributed by atoms with van der Waals surface area (Å²) in [6, 6.07) is 5.26. The Kier molecular flexibility index (Phi) is 2.80. The second kappa shape index (κ2) is 3.85. The van der Waals surface area contributed by atoms with E-state index in [1.54, 1.807) is 18.2 Å². The summed E-state index contributed by atoms with van der Waals surface area (Å²) in [4.78, 5) is 15.0. The second-order valence-electron chi connectivity index (χ2n) is 2.60. The Labute approximate surface area is 77.1 Å². The molecule has 0 fully saturated rings. The van der Waals surface area contributed by atoms with Gasteiger partial charge in [0.1, 0.15) is 0 Å². The molecule has 1 rings (SSSR count). The van der Waals surface area contributed by atoms with E-state index in [0.29, 0.717) is 11.3 Å². The van der Waals surface area contributed by atoms with Gasteiger partial charge in [0.15, 0.2) is 0 Å². The smallest absolute Gasteiger partial charge is 0.338 e. The van der Waals surface area contributed by atoms with Gasteiger partial charge in [-0.15, -0.1) is 0 Å². The molecule has 0 radical (unpaired) electrons. The van der Waals surface area contributed by atoms with E-state index in [1.807, 2.05) is 6.92 Å². The number of aliphatic imine (C=N–C) groups is 1. The number of methoxy groups -OCH3 is 1. The number of esters is 1. The maximum Gasteiger partial charge on any atom is 0.338 e. The van der Waals surface area contributed by atoms with Crippen molar-refractivity contribution in [1.82, 2.24) is 0 Å². The quantitative estimate of drug-likeness (QED) is 0.512. The Balaban J connectivity index is 3.23. The van der Waals surface area contributed by atoms with Gasteiger partial charge >= 0.3 is 5.97 Å². The molecule has 68 valence electrons. The third-order valence-corrected chi connectivity index (χ3v) is 1.88. The van der Waals surface area contributed by atoms with Crippen LogP contribution in [0.3, 0.4) is 0 Å². The molecule has 1 aromatic carbocycles. The summed E-state index contributed by atoms with van der Waals surface area (Å²) < 4.78 is 4.62. The lowest BCUT2D eigenvalue weighted by molar-refractivity contribution is 0.0600. The van der Waals surface area contributed by atoms with Crippen LogP contribution in [0.15, 0.2) is 23.2 Å².